The standard InChI is InChI=1S/C5H8N4O.ClH/c1-3-2-4(10)8-5(7-3)9-6;/h2H,6H2,1H3,(H2,7,8,9,10);1H. The highest BCUT2D eigenvalue weighted by Gasteiger charge is 1.92. The quantitative estimate of drug-likeness (QED) is 0.408. The van der Waals surface area contributed by atoms with Gasteiger partial charge in [0.05, 0.1) is 0 Å². The van der Waals surface area contributed by atoms with Crippen LogP contribution in [-0.2, 0) is 0 Å². The second-order valence-corrected chi connectivity index (χ2v) is 1.88. The van der Waals surface area contributed by atoms with Crippen LogP contribution in [0.25, 0.3) is 0 Å². The third-order valence-corrected chi connectivity index (χ3v) is 1.01. The molecule has 0 saturated carbocycles. The summed E-state index contributed by atoms with van der Waals surface area (Å²) in [4.78, 5) is 16.9. The van der Waals surface area contributed by atoms with Crippen molar-refractivity contribution in [3.8, 4) is 0 Å². The Bertz CT molecular complexity index is 284. The van der Waals surface area contributed by atoms with Crippen LogP contribution in [0.15, 0.2) is 10.9 Å². The van der Waals surface area contributed by atoms with Gasteiger partial charge in [-0.3, -0.25) is 15.2 Å². The zero-order chi connectivity index (χ0) is 7.56. The third kappa shape index (κ3) is 2.57. The van der Waals surface area contributed by atoms with E-state index in [1.165, 1.54) is 6.07 Å². The van der Waals surface area contributed by atoms with E-state index in [-0.39, 0.29) is 23.9 Å². The van der Waals surface area contributed by atoms with E-state index in [9.17, 15) is 4.79 Å². The van der Waals surface area contributed by atoms with E-state index in [1.54, 1.807) is 6.92 Å². The summed E-state index contributed by atoms with van der Waals surface area (Å²) in [5, 5.41) is 0. The van der Waals surface area contributed by atoms with E-state index >= 15 is 0 Å². The minimum Gasteiger partial charge on any atom is -0.294 e. The van der Waals surface area contributed by atoms with Gasteiger partial charge in [0, 0.05) is 11.8 Å². The lowest BCUT2D eigenvalue weighted by Crippen LogP contribution is -2.16. The zero-order valence-electron chi connectivity index (χ0n) is 5.92. The van der Waals surface area contributed by atoms with Gasteiger partial charge in [0.15, 0.2) is 0 Å². The Morgan fingerprint density at radius 1 is 1.73 bits per heavy atom. The molecule has 5 nitrogen and oxygen atoms in total. The highest BCUT2D eigenvalue weighted by molar-refractivity contribution is 5.85. The van der Waals surface area contributed by atoms with Crippen molar-refractivity contribution in [2.24, 2.45) is 5.84 Å². The summed E-state index contributed by atoms with van der Waals surface area (Å²) < 4.78 is 0. The van der Waals surface area contributed by atoms with Crippen LogP contribution in [0.3, 0.4) is 0 Å². The smallest absolute Gasteiger partial charge is 0.252 e. The number of aromatic amines is 1. The van der Waals surface area contributed by atoms with Crippen molar-refractivity contribution in [2.45, 2.75) is 6.92 Å². The van der Waals surface area contributed by atoms with Gasteiger partial charge in [0.2, 0.25) is 5.95 Å². The number of hydrogen-bond donors (Lipinski definition) is 3. The summed E-state index contributed by atoms with van der Waals surface area (Å²) in [5.41, 5.74) is 2.67. The number of hydrazine groups is 1. The molecular weight excluding hydrogens is 168 g/mol. The molecule has 0 spiro atoms. The summed E-state index contributed by atoms with van der Waals surface area (Å²) >= 11 is 0. The maximum absolute atomic E-state index is 10.7. The van der Waals surface area contributed by atoms with Crippen LogP contribution in [0.1, 0.15) is 5.69 Å². The van der Waals surface area contributed by atoms with Crippen molar-refractivity contribution < 1.29 is 0 Å². The first-order chi connectivity index (χ1) is 4.72. The highest BCUT2D eigenvalue weighted by atomic mass is 35.5. The van der Waals surface area contributed by atoms with Crippen molar-refractivity contribution in [3.63, 3.8) is 0 Å². The third-order valence-electron chi connectivity index (χ3n) is 1.01. The molecule has 0 aliphatic rings. The molecule has 62 valence electrons. The van der Waals surface area contributed by atoms with Crippen LogP contribution in [0.4, 0.5) is 5.95 Å². The Labute approximate surface area is 69.4 Å². The summed E-state index contributed by atoms with van der Waals surface area (Å²) in [6.45, 7) is 1.72. The molecule has 1 aromatic heterocycles. The van der Waals surface area contributed by atoms with Crippen LogP contribution < -0.4 is 16.8 Å². The molecule has 6 heteroatoms. The number of nitrogen functional groups attached to an aromatic ring is 1. The monoisotopic (exact) mass is 176 g/mol. The molecule has 1 rings (SSSR count). The van der Waals surface area contributed by atoms with Gasteiger partial charge in [-0.05, 0) is 6.92 Å². The Kier molecular flexibility index (Phi) is 3.56. The van der Waals surface area contributed by atoms with Crippen LogP contribution in [0.2, 0.25) is 0 Å². The van der Waals surface area contributed by atoms with Crippen LogP contribution in [0.5, 0.6) is 0 Å². The molecule has 4 N–H and O–H groups in total. The Morgan fingerprint density at radius 2 is 2.36 bits per heavy atom. The number of halogens is 1. The van der Waals surface area contributed by atoms with Crippen LogP contribution >= 0.6 is 12.4 Å². The van der Waals surface area contributed by atoms with Gasteiger partial charge in [-0.1, -0.05) is 0 Å². The topological polar surface area (TPSA) is 83.8 Å². The molecule has 0 aliphatic heterocycles. The zero-order valence-corrected chi connectivity index (χ0v) is 6.73. The van der Waals surface area contributed by atoms with Crippen LogP contribution in [-0.4, -0.2) is 9.97 Å². The average Bonchev–Trinajstić information content (AvgIpc) is 1.85. The number of nitrogens with zero attached hydrogens (tertiary/aromatic N) is 1. The van der Waals surface area contributed by atoms with Gasteiger partial charge in [-0.2, -0.15) is 0 Å². The fourth-order valence-electron chi connectivity index (χ4n) is 0.647. The van der Waals surface area contributed by atoms with E-state index in [4.69, 9.17) is 5.84 Å². The number of anilines is 1. The minimum absolute atomic E-state index is 0. The van der Waals surface area contributed by atoms with Gasteiger partial charge in [0.25, 0.3) is 5.56 Å². The molecule has 0 saturated heterocycles. The molecule has 0 aromatic carbocycles. The van der Waals surface area contributed by atoms with Gasteiger partial charge >= 0.3 is 0 Å². The number of aryl methyl sites for hydroxylation is 1. The lowest BCUT2D eigenvalue weighted by molar-refractivity contribution is 1.04. The molecule has 0 aliphatic carbocycles. The maximum atomic E-state index is 10.7. The summed E-state index contributed by atoms with van der Waals surface area (Å²) in [6.07, 6.45) is 0. The molecular formula is C5H9ClN4O. The van der Waals surface area contributed by atoms with Crippen molar-refractivity contribution >= 4 is 18.4 Å². The Morgan fingerprint density at radius 3 is 2.82 bits per heavy atom. The number of H-pyrrole nitrogens is 1. The van der Waals surface area contributed by atoms with Gasteiger partial charge in [-0.25, -0.2) is 10.8 Å². The van der Waals surface area contributed by atoms with Crippen molar-refractivity contribution in [1.29, 1.82) is 0 Å². The van der Waals surface area contributed by atoms with Crippen LogP contribution in [0, 0.1) is 6.92 Å². The van der Waals surface area contributed by atoms with Gasteiger partial charge < -0.3 is 0 Å². The van der Waals surface area contributed by atoms with Crippen molar-refractivity contribution in [1.82, 2.24) is 9.97 Å². The van der Waals surface area contributed by atoms with Gasteiger partial charge in [-0.15, -0.1) is 12.4 Å². The summed E-state index contributed by atoms with van der Waals surface area (Å²) in [5.74, 6) is 5.29. The molecule has 0 unspecified atom stereocenters. The molecule has 1 heterocycles. The van der Waals surface area contributed by atoms with E-state index in [0.717, 1.165) is 0 Å². The Hall–Kier alpha value is -1.07. The fraction of sp³-hybridized carbons (Fsp3) is 0.200. The van der Waals surface area contributed by atoms with Gasteiger partial charge in [0.1, 0.15) is 0 Å². The predicted octanol–water partition coefficient (Wildman–Crippen LogP) is -0.214. The fourth-order valence-corrected chi connectivity index (χ4v) is 0.647. The largest absolute Gasteiger partial charge is 0.294 e. The average molecular weight is 177 g/mol. The molecule has 11 heavy (non-hydrogen) atoms. The number of nitrogens with two attached hydrogens (primary N) is 1. The summed E-state index contributed by atoms with van der Waals surface area (Å²) in [7, 11) is 0. The summed E-state index contributed by atoms with van der Waals surface area (Å²) in [6, 6.07) is 1.39. The number of rotatable bonds is 1. The number of aromatic nitrogens is 2. The first kappa shape index (κ1) is 9.93. The molecule has 0 amide bonds. The maximum Gasteiger partial charge on any atom is 0.252 e. The van der Waals surface area contributed by atoms with E-state index < -0.39 is 0 Å². The highest BCUT2D eigenvalue weighted by Crippen LogP contribution is 1.90. The number of hydrogen-bond acceptors (Lipinski definition) is 4. The molecule has 0 radical (unpaired) electrons. The molecule has 1 aromatic rings. The molecule has 0 bridgehead atoms. The molecule has 0 fully saturated rings. The molecule has 0 atom stereocenters. The minimum atomic E-state index is -0.208. The van der Waals surface area contributed by atoms with E-state index in [0.29, 0.717) is 5.69 Å². The second kappa shape index (κ2) is 3.95. The lowest BCUT2D eigenvalue weighted by Gasteiger charge is -1.97. The lowest BCUT2D eigenvalue weighted by atomic mass is 10.5. The normalized spacial score (nSPS) is 8.55. The first-order valence-corrected chi connectivity index (χ1v) is 2.77. The van der Waals surface area contributed by atoms with Crippen molar-refractivity contribution in [3.05, 3.63) is 22.1 Å². The first-order valence-electron chi connectivity index (χ1n) is 2.77. The predicted molar refractivity (Wildman–Crippen MR) is 44.7 cm³/mol. The second-order valence-electron chi connectivity index (χ2n) is 1.88. The SMILES string of the molecule is Cc1cc(=O)[nH]c(NN)n1.Cl. The number of nitrogens with one attached hydrogen (secondary N) is 2. The van der Waals surface area contributed by atoms with E-state index in [1.807, 2.05) is 0 Å². The Balaban J connectivity index is 0.000001000. The van der Waals surface area contributed by atoms with Crippen molar-refractivity contribution in [2.75, 3.05) is 5.43 Å². The van der Waals surface area contributed by atoms with E-state index in [2.05, 4.69) is 15.4 Å².